The summed E-state index contributed by atoms with van der Waals surface area (Å²) in [5.41, 5.74) is 6.62. The van der Waals surface area contributed by atoms with E-state index in [9.17, 15) is 0 Å². The number of unbranched alkanes of at least 4 members (excludes halogenated alkanes) is 1. The number of aromatic amines is 1. The molecule has 0 saturated heterocycles. The minimum Gasteiger partial charge on any atom is -0.494 e. The Morgan fingerprint density at radius 3 is 2.76 bits per heavy atom. The number of hydrogen-bond acceptors (Lipinski definition) is 2. The Labute approximate surface area is 149 Å². The lowest BCUT2D eigenvalue weighted by atomic mass is 9.94. The van der Waals surface area contributed by atoms with Gasteiger partial charge in [0.1, 0.15) is 5.75 Å². The van der Waals surface area contributed by atoms with E-state index in [0.717, 1.165) is 38.2 Å². The number of aromatic nitrogens is 1. The molecule has 0 bridgehead atoms. The van der Waals surface area contributed by atoms with Crippen molar-refractivity contribution in [1.29, 1.82) is 0 Å². The van der Waals surface area contributed by atoms with Gasteiger partial charge < -0.3 is 15.0 Å². The van der Waals surface area contributed by atoms with Crippen molar-refractivity contribution >= 4 is 10.9 Å². The van der Waals surface area contributed by atoms with Gasteiger partial charge in [0.25, 0.3) is 0 Å². The van der Waals surface area contributed by atoms with E-state index < -0.39 is 0 Å². The largest absolute Gasteiger partial charge is 0.494 e. The average Bonchev–Trinajstić information content (AvgIpc) is 3.00. The summed E-state index contributed by atoms with van der Waals surface area (Å²) in [6.07, 6.45) is 3.34. The summed E-state index contributed by atoms with van der Waals surface area (Å²) in [7, 11) is 0. The summed E-state index contributed by atoms with van der Waals surface area (Å²) < 4.78 is 5.79. The van der Waals surface area contributed by atoms with Gasteiger partial charge in [-0.05, 0) is 55.2 Å². The molecule has 3 aromatic rings. The number of rotatable bonds is 5. The SMILES string of the molecule is CCCCOc1ccc(C2NCCc3c2[nH]c2ccc(C)cc32)cc1. The van der Waals surface area contributed by atoms with Crippen molar-refractivity contribution in [2.45, 2.75) is 39.2 Å². The molecule has 0 saturated carbocycles. The van der Waals surface area contributed by atoms with Gasteiger partial charge in [0, 0.05) is 23.1 Å². The van der Waals surface area contributed by atoms with E-state index in [2.05, 4.69) is 66.6 Å². The van der Waals surface area contributed by atoms with Gasteiger partial charge in [-0.2, -0.15) is 0 Å². The number of ether oxygens (including phenoxy) is 1. The predicted octanol–water partition coefficient (Wildman–Crippen LogP) is 4.89. The van der Waals surface area contributed by atoms with Crippen LogP contribution in [0.1, 0.15) is 48.2 Å². The standard InChI is InChI=1S/C22H26N2O/c1-3-4-13-25-17-8-6-16(7-9-17)21-22-18(11-12-23-21)19-14-15(2)5-10-20(19)24-22/h5-10,14,21,23-24H,3-4,11-13H2,1-2H3. The van der Waals surface area contributed by atoms with Crippen molar-refractivity contribution in [1.82, 2.24) is 10.3 Å². The molecular formula is C22H26N2O. The lowest BCUT2D eigenvalue weighted by molar-refractivity contribution is 0.309. The lowest BCUT2D eigenvalue weighted by Crippen LogP contribution is -2.30. The minimum atomic E-state index is 0.223. The molecule has 2 N–H and O–H groups in total. The zero-order valence-electron chi connectivity index (χ0n) is 15.1. The van der Waals surface area contributed by atoms with Gasteiger partial charge in [0.15, 0.2) is 0 Å². The predicted molar refractivity (Wildman–Crippen MR) is 103 cm³/mol. The van der Waals surface area contributed by atoms with Crippen LogP contribution in [-0.2, 0) is 6.42 Å². The molecule has 1 aliphatic heterocycles. The first-order valence-electron chi connectivity index (χ1n) is 9.33. The van der Waals surface area contributed by atoms with E-state index in [4.69, 9.17) is 4.74 Å². The van der Waals surface area contributed by atoms with Crippen LogP contribution in [0, 0.1) is 6.92 Å². The van der Waals surface area contributed by atoms with Gasteiger partial charge in [-0.15, -0.1) is 0 Å². The molecule has 4 rings (SSSR count). The summed E-state index contributed by atoms with van der Waals surface area (Å²) in [6, 6.07) is 15.5. The Balaban J connectivity index is 1.63. The normalized spacial score (nSPS) is 16.8. The summed E-state index contributed by atoms with van der Waals surface area (Å²) in [5.74, 6) is 0.959. The molecule has 0 amide bonds. The minimum absolute atomic E-state index is 0.223. The fourth-order valence-electron chi connectivity index (χ4n) is 3.72. The molecule has 0 radical (unpaired) electrons. The van der Waals surface area contributed by atoms with Crippen molar-refractivity contribution in [2.75, 3.05) is 13.2 Å². The van der Waals surface area contributed by atoms with Crippen molar-refractivity contribution in [2.24, 2.45) is 0 Å². The van der Waals surface area contributed by atoms with Crippen LogP contribution >= 0.6 is 0 Å². The molecule has 2 heterocycles. The highest BCUT2D eigenvalue weighted by molar-refractivity contribution is 5.86. The van der Waals surface area contributed by atoms with Crippen LogP contribution in [0.25, 0.3) is 10.9 Å². The molecule has 130 valence electrons. The van der Waals surface area contributed by atoms with Gasteiger partial charge in [0.05, 0.1) is 12.6 Å². The van der Waals surface area contributed by atoms with Crippen LogP contribution in [0.4, 0.5) is 0 Å². The molecule has 0 spiro atoms. The van der Waals surface area contributed by atoms with E-state index in [1.165, 1.54) is 33.3 Å². The number of fused-ring (bicyclic) bond motifs is 3. The van der Waals surface area contributed by atoms with Crippen molar-refractivity contribution in [3.63, 3.8) is 0 Å². The molecule has 1 aliphatic rings. The summed E-state index contributed by atoms with van der Waals surface area (Å²) in [6.45, 7) is 6.14. The van der Waals surface area contributed by atoms with Crippen LogP contribution in [0.5, 0.6) is 5.75 Å². The molecule has 25 heavy (non-hydrogen) atoms. The quantitative estimate of drug-likeness (QED) is 0.652. The third-order valence-corrected chi connectivity index (χ3v) is 5.09. The molecule has 3 nitrogen and oxygen atoms in total. The highest BCUT2D eigenvalue weighted by Gasteiger charge is 2.25. The maximum Gasteiger partial charge on any atom is 0.119 e. The van der Waals surface area contributed by atoms with Crippen molar-refractivity contribution in [3.05, 3.63) is 64.8 Å². The number of aryl methyl sites for hydroxylation is 1. The van der Waals surface area contributed by atoms with Gasteiger partial charge in [-0.25, -0.2) is 0 Å². The smallest absolute Gasteiger partial charge is 0.119 e. The van der Waals surface area contributed by atoms with E-state index in [1.54, 1.807) is 0 Å². The Morgan fingerprint density at radius 1 is 1.12 bits per heavy atom. The highest BCUT2D eigenvalue weighted by atomic mass is 16.5. The first-order valence-corrected chi connectivity index (χ1v) is 9.33. The monoisotopic (exact) mass is 334 g/mol. The Hall–Kier alpha value is -2.26. The topological polar surface area (TPSA) is 37.0 Å². The zero-order valence-corrected chi connectivity index (χ0v) is 15.1. The van der Waals surface area contributed by atoms with Crippen molar-refractivity contribution in [3.8, 4) is 5.75 Å². The van der Waals surface area contributed by atoms with Crippen LogP contribution in [0.2, 0.25) is 0 Å². The van der Waals surface area contributed by atoms with Gasteiger partial charge >= 0.3 is 0 Å². The molecule has 1 aromatic heterocycles. The van der Waals surface area contributed by atoms with E-state index in [1.807, 2.05) is 0 Å². The maximum absolute atomic E-state index is 5.79. The van der Waals surface area contributed by atoms with Gasteiger partial charge in [-0.3, -0.25) is 0 Å². The summed E-state index contributed by atoms with van der Waals surface area (Å²) in [4.78, 5) is 3.65. The molecule has 2 aromatic carbocycles. The van der Waals surface area contributed by atoms with Gasteiger partial charge in [0.2, 0.25) is 0 Å². The Morgan fingerprint density at radius 2 is 1.96 bits per heavy atom. The van der Waals surface area contributed by atoms with E-state index in [-0.39, 0.29) is 6.04 Å². The molecule has 1 unspecified atom stereocenters. The Bertz CT molecular complexity index is 864. The second-order valence-electron chi connectivity index (χ2n) is 6.97. The van der Waals surface area contributed by atoms with Crippen LogP contribution < -0.4 is 10.1 Å². The summed E-state index contributed by atoms with van der Waals surface area (Å²) in [5, 5.41) is 5.04. The number of H-pyrrole nitrogens is 1. The van der Waals surface area contributed by atoms with Crippen LogP contribution in [0.3, 0.4) is 0 Å². The fourth-order valence-corrected chi connectivity index (χ4v) is 3.72. The number of nitrogens with one attached hydrogen (secondary N) is 2. The lowest BCUT2D eigenvalue weighted by Gasteiger charge is -2.25. The van der Waals surface area contributed by atoms with Gasteiger partial charge in [-0.1, -0.05) is 37.1 Å². The van der Waals surface area contributed by atoms with Crippen LogP contribution in [0.15, 0.2) is 42.5 Å². The maximum atomic E-state index is 5.79. The zero-order chi connectivity index (χ0) is 17.2. The number of benzene rings is 2. The second-order valence-corrected chi connectivity index (χ2v) is 6.97. The highest BCUT2D eigenvalue weighted by Crippen LogP contribution is 2.34. The first-order chi connectivity index (χ1) is 12.3. The van der Waals surface area contributed by atoms with E-state index in [0.29, 0.717) is 0 Å². The van der Waals surface area contributed by atoms with E-state index >= 15 is 0 Å². The van der Waals surface area contributed by atoms with Crippen LogP contribution in [-0.4, -0.2) is 18.1 Å². The fraction of sp³-hybridized carbons (Fsp3) is 0.364. The summed E-state index contributed by atoms with van der Waals surface area (Å²) >= 11 is 0. The molecule has 1 atom stereocenters. The molecule has 0 aliphatic carbocycles. The molecular weight excluding hydrogens is 308 g/mol. The average molecular weight is 334 g/mol. The third-order valence-electron chi connectivity index (χ3n) is 5.09. The number of hydrogen-bond donors (Lipinski definition) is 2. The third kappa shape index (κ3) is 3.16. The van der Waals surface area contributed by atoms with Crippen molar-refractivity contribution < 1.29 is 4.74 Å². The first kappa shape index (κ1) is 16.2. The Kier molecular flexibility index (Phi) is 4.50. The molecule has 0 fully saturated rings. The molecule has 3 heteroatoms. The second kappa shape index (κ2) is 6.93.